The van der Waals surface area contributed by atoms with Crippen LogP contribution in [0.25, 0.3) is 21.7 Å². The summed E-state index contributed by atoms with van der Waals surface area (Å²) in [6.45, 7) is 0.424. The second-order valence-corrected chi connectivity index (χ2v) is 7.93. The van der Waals surface area contributed by atoms with Crippen LogP contribution in [-0.4, -0.2) is 41.5 Å². The van der Waals surface area contributed by atoms with E-state index in [0.29, 0.717) is 29.4 Å². The number of hydrogen-bond donors (Lipinski definition) is 2. The van der Waals surface area contributed by atoms with Crippen LogP contribution in [0.2, 0.25) is 0 Å². The van der Waals surface area contributed by atoms with Gasteiger partial charge in [0.05, 0.1) is 18.4 Å². The normalized spacial score (nSPS) is 15.4. The molecule has 1 amide bonds. The number of amides is 1. The number of nitrogens with one attached hydrogen (secondary N) is 1. The third kappa shape index (κ3) is 3.02. The van der Waals surface area contributed by atoms with E-state index < -0.39 is 5.97 Å². The van der Waals surface area contributed by atoms with Gasteiger partial charge < -0.3 is 19.7 Å². The molecule has 7 heteroatoms. The zero-order valence-electron chi connectivity index (χ0n) is 16.7. The van der Waals surface area contributed by atoms with Crippen LogP contribution in [0, 0.1) is 0 Å². The first-order chi connectivity index (χ1) is 15.0. The highest BCUT2D eigenvalue weighted by Gasteiger charge is 2.35. The number of rotatable bonds is 3. The number of anilines is 1. The summed E-state index contributed by atoms with van der Waals surface area (Å²) in [5.41, 5.74) is 3.19. The molecular weight excluding hydrogens is 416 g/mol. The summed E-state index contributed by atoms with van der Waals surface area (Å²) < 4.78 is 4.77. The van der Waals surface area contributed by atoms with Gasteiger partial charge in [-0.3, -0.25) is 4.79 Å². The number of nitrogens with zero attached hydrogens (tertiary/aromatic N) is 1. The Morgan fingerprint density at radius 3 is 2.68 bits per heavy atom. The summed E-state index contributed by atoms with van der Waals surface area (Å²) in [6.07, 6.45) is 0. The molecule has 31 heavy (non-hydrogen) atoms. The quantitative estimate of drug-likeness (QED) is 0.358. The van der Waals surface area contributed by atoms with Crippen LogP contribution in [0.15, 0.2) is 54.6 Å². The van der Waals surface area contributed by atoms with E-state index in [-0.39, 0.29) is 17.6 Å². The Morgan fingerprint density at radius 1 is 1.16 bits per heavy atom. The number of carbonyl (C=O) groups excluding carboxylic acids is 2. The highest BCUT2D eigenvalue weighted by Crippen LogP contribution is 2.45. The number of halogens is 1. The molecule has 0 saturated heterocycles. The van der Waals surface area contributed by atoms with E-state index in [1.165, 1.54) is 7.11 Å². The lowest BCUT2D eigenvalue weighted by Crippen LogP contribution is -2.30. The number of methoxy groups -OCH3 is 1. The van der Waals surface area contributed by atoms with Gasteiger partial charge in [-0.05, 0) is 35.2 Å². The maximum atomic E-state index is 13.4. The molecule has 0 spiro atoms. The number of benzene rings is 3. The number of alkyl halides is 1. The highest BCUT2D eigenvalue weighted by atomic mass is 35.5. The minimum atomic E-state index is -0.434. The van der Waals surface area contributed by atoms with Crippen LogP contribution >= 0.6 is 11.6 Å². The van der Waals surface area contributed by atoms with Gasteiger partial charge in [0, 0.05) is 40.7 Å². The first-order valence-corrected chi connectivity index (χ1v) is 10.4. The molecule has 5 rings (SSSR count). The smallest absolute Gasteiger partial charge is 0.337 e. The Morgan fingerprint density at radius 2 is 1.94 bits per heavy atom. The van der Waals surface area contributed by atoms with Crippen molar-refractivity contribution in [2.45, 2.75) is 5.92 Å². The molecule has 0 radical (unpaired) electrons. The van der Waals surface area contributed by atoms with Crippen molar-refractivity contribution in [3.8, 4) is 5.75 Å². The molecule has 3 aromatic carbocycles. The first-order valence-electron chi connectivity index (χ1n) is 9.85. The number of aromatic amines is 1. The molecule has 1 aliphatic rings. The number of carbonyl (C=O) groups is 2. The van der Waals surface area contributed by atoms with E-state index >= 15 is 0 Å². The summed E-state index contributed by atoms with van der Waals surface area (Å²) in [7, 11) is 1.33. The zero-order valence-corrected chi connectivity index (χ0v) is 17.4. The lowest BCUT2D eigenvalue weighted by Gasteiger charge is -2.17. The zero-order chi connectivity index (χ0) is 21.7. The van der Waals surface area contributed by atoms with Crippen molar-refractivity contribution in [2.75, 3.05) is 24.4 Å². The van der Waals surface area contributed by atoms with Crippen molar-refractivity contribution in [2.24, 2.45) is 0 Å². The van der Waals surface area contributed by atoms with Crippen molar-refractivity contribution in [3.63, 3.8) is 0 Å². The van der Waals surface area contributed by atoms with Crippen LogP contribution in [0.4, 0.5) is 5.69 Å². The van der Waals surface area contributed by atoms with Crippen LogP contribution in [0.5, 0.6) is 5.75 Å². The van der Waals surface area contributed by atoms with Crippen molar-refractivity contribution < 1.29 is 19.4 Å². The molecule has 2 heterocycles. The molecule has 2 N–H and O–H groups in total. The predicted octanol–water partition coefficient (Wildman–Crippen LogP) is 4.80. The van der Waals surface area contributed by atoms with E-state index in [0.717, 1.165) is 27.2 Å². The lowest BCUT2D eigenvalue weighted by molar-refractivity contribution is 0.0600. The standard InChI is InChI=1S/C24H19ClN2O4/c1-31-24(30)13-6-7-18-14(8-13)9-19(26-18)23(29)27-12-15(11-25)22-17-5-3-2-4-16(17)21(28)10-20(22)27/h2-10,15,26,28H,11-12H2,1H3/t15-/m1/s1. The predicted molar refractivity (Wildman–Crippen MR) is 120 cm³/mol. The molecule has 0 bridgehead atoms. The average Bonchev–Trinajstić information content (AvgIpc) is 3.39. The maximum absolute atomic E-state index is 13.4. The fraction of sp³-hybridized carbons (Fsp3) is 0.167. The van der Waals surface area contributed by atoms with Crippen molar-refractivity contribution in [3.05, 3.63) is 71.4 Å². The molecule has 1 aromatic heterocycles. The van der Waals surface area contributed by atoms with E-state index in [1.807, 2.05) is 24.3 Å². The number of ether oxygens (including phenoxy) is 1. The molecule has 6 nitrogen and oxygen atoms in total. The van der Waals surface area contributed by atoms with Gasteiger partial charge in [-0.15, -0.1) is 11.6 Å². The fourth-order valence-electron chi connectivity index (χ4n) is 4.38. The molecule has 0 fully saturated rings. The summed E-state index contributed by atoms with van der Waals surface area (Å²) >= 11 is 6.26. The molecule has 1 aliphatic heterocycles. The van der Waals surface area contributed by atoms with Crippen molar-refractivity contribution >= 4 is 50.8 Å². The van der Waals surface area contributed by atoms with Gasteiger partial charge in [0.2, 0.25) is 0 Å². The van der Waals surface area contributed by atoms with Gasteiger partial charge in [-0.1, -0.05) is 24.3 Å². The Balaban J connectivity index is 1.59. The second kappa shape index (κ2) is 7.32. The van der Waals surface area contributed by atoms with Gasteiger partial charge in [-0.2, -0.15) is 0 Å². The van der Waals surface area contributed by atoms with Crippen molar-refractivity contribution in [1.82, 2.24) is 4.98 Å². The summed E-state index contributed by atoms with van der Waals surface area (Å²) in [5.74, 6) is -0.208. The van der Waals surface area contributed by atoms with Crippen LogP contribution in [0.3, 0.4) is 0 Å². The van der Waals surface area contributed by atoms with Gasteiger partial charge in [-0.25, -0.2) is 4.79 Å². The number of phenols is 1. The van der Waals surface area contributed by atoms with Gasteiger partial charge in [0.25, 0.3) is 5.91 Å². The number of aromatic hydroxyl groups is 1. The number of esters is 1. The number of hydrogen-bond acceptors (Lipinski definition) is 4. The third-order valence-corrected chi connectivity index (χ3v) is 6.22. The first kappa shape index (κ1) is 19.5. The third-order valence-electron chi connectivity index (χ3n) is 5.85. The van der Waals surface area contributed by atoms with E-state index in [2.05, 4.69) is 4.98 Å². The largest absolute Gasteiger partial charge is 0.507 e. The maximum Gasteiger partial charge on any atom is 0.337 e. The lowest BCUT2D eigenvalue weighted by atomic mass is 9.95. The summed E-state index contributed by atoms with van der Waals surface area (Å²) in [5, 5.41) is 12.9. The summed E-state index contributed by atoms with van der Waals surface area (Å²) in [4.78, 5) is 30.0. The number of H-pyrrole nitrogens is 1. The van der Waals surface area contributed by atoms with E-state index in [1.54, 1.807) is 35.2 Å². The molecule has 0 saturated carbocycles. The van der Waals surface area contributed by atoms with E-state index in [4.69, 9.17) is 16.3 Å². The van der Waals surface area contributed by atoms with E-state index in [9.17, 15) is 14.7 Å². The number of fused-ring (bicyclic) bond motifs is 4. The van der Waals surface area contributed by atoms with Gasteiger partial charge in [0.15, 0.2) is 0 Å². The Hall–Kier alpha value is -3.51. The molecular formula is C24H19ClN2O4. The van der Waals surface area contributed by atoms with Gasteiger partial charge in [0.1, 0.15) is 11.4 Å². The van der Waals surface area contributed by atoms with Crippen LogP contribution in [-0.2, 0) is 4.74 Å². The van der Waals surface area contributed by atoms with Crippen LogP contribution in [0.1, 0.15) is 32.3 Å². The monoisotopic (exact) mass is 434 g/mol. The highest BCUT2D eigenvalue weighted by molar-refractivity contribution is 6.19. The van der Waals surface area contributed by atoms with Crippen LogP contribution < -0.4 is 4.90 Å². The topological polar surface area (TPSA) is 82.6 Å². The molecule has 4 aromatic rings. The fourth-order valence-corrected chi connectivity index (χ4v) is 4.63. The minimum Gasteiger partial charge on any atom is -0.507 e. The minimum absolute atomic E-state index is 0.0403. The molecule has 0 unspecified atom stereocenters. The summed E-state index contributed by atoms with van der Waals surface area (Å²) in [6, 6.07) is 16.0. The number of phenolic OH excluding ortho intramolecular Hbond substituents is 1. The van der Waals surface area contributed by atoms with Gasteiger partial charge >= 0.3 is 5.97 Å². The Kier molecular flexibility index (Phi) is 4.59. The SMILES string of the molecule is COC(=O)c1ccc2[nH]c(C(=O)N3C[C@@H](CCl)c4c3cc(O)c3ccccc43)cc2c1. The second-order valence-electron chi connectivity index (χ2n) is 7.62. The Bertz CT molecular complexity index is 1360. The number of aromatic nitrogens is 1. The molecule has 156 valence electrons. The molecule has 1 atom stereocenters. The Labute approximate surface area is 183 Å². The average molecular weight is 435 g/mol. The molecule has 0 aliphatic carbocycles. The van der Waals surface area contributed by atoms with Crippen molar-refractivity contribution in [1.29, 1.82) is 0 Å².